The standard InChI is InChI=1S/C16H27N3S/c1-5-6-17-8-15-7-12(2)16(18-9-15)19-10-13(3)20-14(4)11-19/h7,9,13-14,17H,5-6,8,10-11H2,1-4H3. The molecule has 112 valence electrons. The molecule has 1 aliphatic rings. The van der Waals surface area contributed by atoms with Crippen LogP contribution in [-0.4, -0.2) is 35.1 Å². The van der Waals surface area contributed by atoms with Crippen LogP contribution < -0.4 is 10.2 Å². The van der Waals surface area contributed by atoms with Crippen LogP contribution in [0.4, 0.5) is 5.82 Å². The zero-order valence-corrected chi connectivity index (χ0v) is 14.0. The summed E-state index contributed by atoms with van der Waals surface area (Å²) in [5.74, 6) is 1.17. The van der Waals surface area contributed by atoms with Gasteiger partial charge in [0.05, 0.1) is 0 Å². The molecule has 0 amide bonds. The first-order valence-electron chi connectivity index (χ1n) is 7.66. The normalized spacial score (nSPS) is 23.1. The molecule has 1 aromatic heterocycles. The lowest BCUT2D eigenvalue weighted by molar-refractivity contribution is 0.671. The van der Waals surface area contributed by atoms with Crippen molar-refractivity contribution < 1.29 is 0 Å². The Kier molecular flexibility index (Phi) is 5.73. The summed E-state index contributed by atoms with van der Waals surface area (Å²) in [7, 11) is 0. The number of hydrogen-bond acceptors (Lipinski definition) is 4. The van der Waals surface area contributed by atoms with Gasteiger partial charge in [0.1, 0.15) is 5.82 Å². The number of rotatable bonds is 5. The number of nitrogens with one attached hydrogen (secondary N) is 1. The zero-order valence-electron chi connectivity index (χ0n) is 13.1. The highest BCUT2D eigenvalue weighted by atomic mass is 32.2. The van der Waals surface area contributed by atoms with Crippen LogP contribution in [0.15, 0.2) is 12.3 Å². The Morgan fingerprint density at radius 1 is 1.35 bits per heavy atom. The first kappa shape index (κ1) is 15.6. The molecule has 0 radical (unpaired) electrons. The molecule has 0 aliphatic carbocycles. The van der Waals surface area contributed by atoms with Crippen molar-refractivity contribution in [3.8, 4) is 0 Å². The van der Waals surface area contributed by atoms with Crippen LogP contribution in [0, 0.1) is 6.92 Å². The predicted molar refractivity (Wildman–Crippen MR) is 89.7 cm³/mol. The van der Waals surface area contributed by atoms with Crippen molar-refractivity contribution in [3.63, 3.8) is 0 Å². The maximum atomic E-state index is 4.73. The monoisotopic (exact) mass is 293 g/mol. The third kappa shape index (κ3) is 4.13. The van der Waals surface area contributed by atoms with E-state index in [-0.39, 0.29) is 0 Å². The summed E-state index contributed by atoms with van der Waals surface area (Å²) < 4.78 is 0. The van der Waals surface area contributed by atoms with Gasteiger partial charge in [-0.25, -0.2) is 4.98 Å². The van der Waals surface area contributed by atoms with Crippen LogP contribution in [0.5, 0.6) is 0 Å². The molecule has 2 atom stereocenters. The van der Waals surface area contributed by atoms with Crippen molar-refractivity contribution in [2.45, 2.75) is 51.2 Å². The molecule has 2 unspecified atom stereocenters. The molecule has 1 aliphatic heterocycles. The highest BCUT2D eigenvalue weighted by molar-refractivity contribution is 8.00. The van der Waals surface area contributed by atoms with E-state index in [9.17, 15) is 0 Å². The van der Waals surface area contributed by atoms with Crippen molar-refractivity contribution in [3.05, 3.63) is 23.4 Å². The van der Waals surface area contributed by atoms with Crippen LogP contribution in [0.3, 0.4) is 0 Å². The number of anilines is 1. The van der Waals surface area contributed by atoms with Crippen LogP contribution in [0.25, 0.3) is 0 Å². The van der Waals surface area contributed by atoms with Crippen molar-refractivity contribution in [1.29, 1.82) is 0 Å². The Bertz CT molecular complexity index is 426. The Morgan fingerprint density at radius 3 is 2.65 bits per heavy atom. The fourth-order valence-corrected chi connectivity index (χ4v) is 4.14. The number of aromatic nitrogens is 1. The minimum Gasteiger partial charge on any atom is -0.354 e. The van der Waals surface area contributed by atoms with E-state index < -0.39 is 0 Å². The van der Waals surface area contributed by atoms with Gasteiger partial charge < -0.3 is 10.2 Å². The lowest BCUT2D eigenvalue weighted by Gasteiger charge is -2.36. The molecule has 0 saturated carbocycles. The van der Waals surface area contributed by atoms with Gasteiger partial charge in [0, 0.05) is 36.3 Å². The summed E-state index contributed by atoms with van der Waals surface area (Å²) in [6.45, 7) is 13.2. The van der Waals surface area contributed by atoms with Crippen LogP contribution >= 0.6 is 11.8 Å². The molecule has 0 bridgehead atoms. The van der Waals surface area contributed by atoms with Gasteiger partial charge >= 0.3 is 0 Å². The van der Waals surface area contributed by atoms with Gasteiger partial charge in [-0.05, 0) is 37.1 Å². The number of nitrogens with zero attached hydrogens (tertiary/aromatic N) is 2. The van der Waals surface area contributed by atoms with Crippen LogP contribution in [0.1, 0.15) is 38.3 Å². The van der Waals surface area contributed by atoms with E-state index in [1.54, 1.807) is 0 Å². The van der Waals surface area contributed by atoms with Gasteiger partial charge in [-0.15, -0.1) is 0 Å². The van der Waals surface area contributed by atoms with Crippen LogP contribution in [-0.2, 0) is 6.54 Å². The van der Waals surface area contributed by atoms with Gasteiger partial charge in [0.2, 0.25) is 0 Å². The second kappa shape index (κ2) is 7.32. The fraction of sp³-hybridized carbons (Fsp3) is 0.688. The molecule has 0 spiro atoms. The molecule has 3 nitrogen and oxygen atoms in total. The lowest BCUT2D eigenvalue weighted by Crippen LogP contribution is -2.41. The van der Waals surface area contributed by atoms with Gasteiger partial charge in [-0.2, -0.15) is 11.8 Å². The summed E-state index contributed by atoms with van der Waals surface area (Å²) in [4.78, 5) is 7.18. The van der Waals surface area contributed by atoms with E-state index in [1.165, 1.54) is 23.4 Å². The summed E-state index contributed by atoms with van der Waals surface area (Å²) in [5.41, 5.74) is 2.58. The van der Waals surface area contributed by atoms with Crippen LogP contribution in [0.2, 0.25) is 0 Å². The Labute approximate surface area is 127 Å². The Hall–Kier alpha value is -0.740. The average Bonchev–Trinajstić information content (AvgIpc) is 2.38. The third-order valence-corrected chi connectivity index (χ3v) is 4.81. The Balaban J connectivity index is 2.05. The SMILES string of the molecule is CCCNCc1cnc(N2CC(C)SC(C)C2)c(C)c1. The van der Waals surface area contributed by atoms with Crippen molar-refractivity contribution in [1.82, 2.24) is 10.3 Å². The molecule has 4 heteroatoms. The van der Waals surface area contributed by atoms with E-state index in [0.29, 0.717) is 10.5 Å². The van der Waals surface area contributed by atoms with E-state index in [0.717, 1.165) is 26.2 Å². The quantitative estimate of drug-likeness (QED) is 0.844. The van der Waals surface area contributed by atoms with Gasteiger partial charge in [0.15, 0.2) is 0 Å². The maximum Gasteiger partial charge on any atom is 0.131 e. The summed E-state index contributed by atoms with van der Waals surface area (Å²) >= 11 is 2.08. The smallest absolute Gasteiger partial charge is 0.131 e. The zero-order chi connectivity index (χ0) is 14.5. The minimum atomic E-state index is 0.686. The lowest BCUT2D eigenvalue weighted by atomic mass is 10.2. The summed E-state index contributed by atoms with van der Waals surface area (Å²) in [6, 6.07) is 2.28. The van der Waals surface area contributed by atoms with Crippen molar-refractivity contribution in [2.75, 3.05) is 24.5 Å². The van der Waals surface area contributed by atoms with Gasteiger partial charge in [-0.1, -0.05) is 20.8 Å². The maximum absolute atomic E-state index is 4.73. The summed E-state index contributed by atoms with van der Waals surface area (Å²) in [5, 5.41) is 4.81. The molecule has 1 aromatic rings. The highest BCUT2D eigenvalue weighted by Gasteiger charge is 2.24. The number of aryl methyl sites for hydroxylation is 1. The first-order valence-corrected chi connectivity index (χ1v) is 8.61. The number of hydrogen-bond donors (Lipinski definition) is 1. The third-order valence-electron chi connectivity index (χ3n) is 3.58. The topological polar surface area (TPSA) is 28.2 Å². The molecule has 2 heterocycles. The minimum absolute atomic E-state index is 0.686. The molecule has 20 heavy (non-hydrogen) atoms. The second-order valence-electron chi connectivity index (χ2n) is 5.82. The van der Waals surface area contributed by atoms with Crippen molar-refractivity contribution >= 4 is 17.6 Å². The summed E-state index contributed by atoms with van der Waals surface area (Å²) in [6.07, 6.45) is 3.20. The average molecular weight is 293 g/mol. The fourth-order valence-electron chi connectivity index (χ4n) is 2.81. The van der Waals surface area contributed by atoms with Crippen molar-refractivity contribution in [2.24, 2.45) is 0 Å². The molecule has 1 fully saturated rings. The molecular weight excluding hydrogens is 266 g/mol. The molecule has 1 N–H and O–H groups in total. The highest BCUT2D eigenvalue weighted by Crippen LogP contribution is 2.29. The molecule has 1 saturated heterocycles. The number of pyridine rings is 1. The van der Waals surface area contributed by atoms with E-state index in [4.69, 9.17) is 4.98 Å². The van der Waals surface area contributed by atoms with E-state index in [2.05, 4.69) is 55.7 Å². The first-order chi connectivity index (χ1) is 9.60. The van der Waals surface area contributed by atoms with E-state index >= 15 is 0 Å². The molecule has 0 aromatic carbocycles. The molecule has 2 rings (SSSR count). The number of thioether (sulfide) groups is 1. The largest absolute Gasteiger partial charge is 0.354 e. The van der Waals surface area contributed by atoms with Gasteiger partial charge in [-0.3, -0.25) is 0 Å². The predicted octanol–water partition coefficient (Wildman–Crippen LogP) is 3.22. The Morgan fingerprint density at radius 2 is 2.05 bits per heavy atom. The second-order valence-corrected chi connectivity index (χ2v) is 7.70. The molecular formula is C16H27N3S. The van der Waals surface area contributed by atoms with Gasteiger partial charge in [0.25, 0.3) is 0 Å². The van der Waals surface area contributed by atoms with E-state index in [1.807, 2.05) is 6.20 Å².